The lowest BCUT2D eigenvalue weighted by Crippen LogP contribution is -2.15. The molecule has 0 bridgehead atoms. The molecule has 23 heavy (non-hydrogen) atoms. The molecule has 0 atom stereocenters. The molecule has 116 valence electrons. The minimum atomic E-state index is -0.244. The number of phenols is 1. The van der Waals surface area contributed by atoms with Crippen molar-refractivity contribution in [1.29, 1.82) is 0 Å². The SMILES string of the molecule is O=C1C(=Cc2cc(Cl)c3c(c2)OCCO3)Oc2cc(O)ccc21. The first-order valence-electron chi connectivity index (χ1n) is 6.98. The van der Waals surface area contributed by atoms with Crippen LogP contribution in [-0.2, 0) is 0 Å². The lowest BCUT2D eigenvalue weighted by atomic mass is 10.1. The maximum atomic E-state index is 12.3. The number of Topliss-reactive ketones (excluding diaryl/α,β-unsaturated/α-hetero) is 1. The lowest BCUT2D eigenvalue weighted by Gasteiger charge is -2.19. The average Bonchev–Trinajstić information content (AvgIpc) is 2.83. The van der Waals surface area contributed by atoms with Crippen LogP contribution in [0.1, 0.15) is 15.9 Å². The van der Waals surface area contributed by atoms with Gasteiger partial charge in [-0.2, -0.15) is 0 Å². The standard InChI is InChI=1S/C17H11ClO5/c18-12-5-9(7-15-17(12)22-4-3-21-15)6-14-16(20)11-2-1-10(19)8-13(11)23-14/h1-2,5-8,19H,3-4H2. The van der Waals surface area contributed by atoms with Gasteiger partial charge in [-0.25, -0.2) is 0 Å². The molecule has 5 nitrogen and oxygen atoms in total. The fourth-order valence-electron chi connectivity index (χ4n) is 2.54. The van der Waals surface area contributed by atoms with Gasteiger partial charge in [0.2, 0.25) is 5.78 Å². The number of carbonyl (C=O) groups is 1. The van der Waals surface area contributed by atoms with Gasteiger partial charge in [-0.15, -0.1) is 0 Å². The quantitative estimate of drug-likeness (QED) is 0.811. The van der Waals surface area contributed by atoms with Gasteiger partial charge in [-0.1, -0.05) is 11.6 Å². The molecule has 2 aromatic carbocycles. The van der Waals surface area contributed by atoms with Crippen molar-refractivity contribution in [2.45, 2.75) is 0 Å². The fraction of sp³-hybridized carbons (Fsp3) is 0.118. The minimum Gasteiger partial charge on any atom is -0.508 e. The zero-order valence-electron chi connectivity index (χ0n) is 11.8. The Morgan fingerprint density at radius 2 is 1.91 bits per heavy atom. The fourth-order valence-corrected chi connectivity index (χ4v) is 2.81. The van der Waals surface area contributed by atoms with Crippen LogP contribution in [0.2, 0.25) is 5.02 Å². The molecule has 0 unspecified atom stereocenters. The first kappa shape index (κ1) is 14.0. The highest BCUT2D eigenvalue weighted by atomic mass is 35.5. The highest BCUT2D eigenvalue weighted by molar-refractivity contribution is 6.32. The van der Waals surface area contributed by atoms with E-state index in [-0.39, 0.29) is 17.3 Å². The Morgan fingerprint density at radius 3 is 2.78 bits per heavy atom. The summed E-state index contributed by atoms with van der Waals surface area (Å²) in [7, 11) is 0. The Kier molecular flexibility index (Phi) is 3.16. The van der Waals surface area contributed by atoms with E-state index in [1.165, 1.54) is 18.2 Å². The Hall–Kier alpha value is -2.66. The molecule has 0 aromatic heterocycles. The maximum absolute atomic E-state index is 12.3. The summed E-state index contributed by atoms with van der Waals surface area (Å²) in [5.74, 6) is 1.34. The number of carbonyl (C=O) groups excluding carboxylic acids is 1. The van der Waals surface area contributed by atoms with Gasteiger partial charge in [-0.05, 0) is 35.9 Å². The first-order chi connectivity index (χ1) is 11.1. The summed E-state index contributed by atoms with van der Waals surface area (Å²) < 4.78 is 16.5. The molecule has 4 rings (SSSR count). The van der Waals surface area contributed by atoms with Crippen molar-refractivity contribution < 1.29 is 24.1 Å². The van der Waals surface area contributed by atoms with Crippen molar-refractivity contribution in [3.63, 3.8) is 0 Å². The van der Waals surface area contributed by atoms with Crippen LogP contribution in [0.5, 0.6) is 23.0 Å². The Bertz CT molecular complexity index is 856. The highest BCUT2D eigenvalue weighted by Crippen LogP contribution is 2.40. The number of allylic oxidation sites excluding steroid dienone is 1. The van der Waals surface area contributed by atoms with Gasteiger partial charge in [-0.3, -0.25) is 4.79 Å². The normalized spacial score (nSPS) is 17.1. The Balaban J connectivity index is 1.72. The van der Waals surface area contributed by atoms with Crippen molar-refractivity contribution in [3.05, 3.63) is 52.2 Å². The zero-order valence-corrected chi connectivity index (χ0v) is 12.6. The van der Waals surface area contributed by atoms with E-state index in [0.717, 1.165) is 0 Å². The molecule has 0 saturated heterocycles. The molecule has 0 fully saturated rings. The first-order valence-corrected chi connectivity index (χ1v) is 7.36. The van der Waals surface area contributed by atoms with Gasteiger partial charge in [0.25, 0.3) is 0 Å². The molecule has 0 aliphatic carbocycles. The van der Waals surface area contributed by atoms with E-state index in [0.29, 0.717) is 46.6 Å². The largest absolute Gasteiger partial charge is 0.508 e. The van der Waals surface area contributed by atoms with E-state index in [1.807, 2.05) is 0 Å². The van der Waals surface area contributed by atoms with Crippen LogP contribution >= 0.6 is 11.6 Å². The smallest absolute Gasteiger partial charge is 0.231 e. The van der Waals surface area contributed by atoms with Gasteiger partial charge >= 0.3 is 0 Å². The monoisotopic (exact) mass is 330 g/mol. The van der Waals surface area contributed by atoms with E-state index in [1.54, 1.807) is 18.2 Å². The number of aromatic hydroxyl groups is 1. The summed E-state index contributed by atoms with van der Waals surface area (Å²) in [6.45, 7) is 0.900. The second-order valence-corrected chi connectivity index (χ2v) is 5.55. The number of fused-ring (bicyclic) bond motifs is 2. The van der Waals surface area contributed by atoms with Crippen LogP contribution in [0.15, 0.2) is 36.1 Å². The van der Waals surface area contributed by atoms with Crippen LogP contribution in [0.3, 0.4) is 0 Å². The number of benzene rings is 2. The van der Waals surface area contributed by atoms with Crippen LogP contribution in [-0.4, -0.2) is 24.1 Å². The maximum Gasteiger partial charge on any atom is 0.231 e. The number of hydrogen-bond acceptors (Lipinski definition) is 5. The second-order valence-electron chi connectivity index (χ2n) is 5.15. The van der Waals surface area contributed by atoms with Crippen LogP contribution < -0.4 is 14.2 Å². The molecule has 1 N–H and O–H groups in total. The summed E-state index contributed by atoms with van der Waals surface area (Å²) >= 11 is 6.19. The van der Waals surface area contributed by atoms with Gasteiger partial charge in [0, 0.05) is 6.07 Å². The summed E-state index contributed by atoms with van der Waals surface area (Å²) in [6.07, 6.45) is 1.59. The van der Waals surface area contributed by atoms with E-state index in [2.05, 4.69) is 0 Å². The third-order valence-electron chi connectivity index (χ3n) is 3.57. The van der Waals surface area contributed by atoms with Crippen LogP contribution in [0, 0.1) is 0 Å². The Morgan fingerprint density at radius 1 is 1.09 bits per heavy atom. The molecular formula is C17H11ClO5. The van der Waals surface area contributed by atoms with Crippen LogP contribution in [0.25, 0.3) is 6.08 Å². The topological polar surface area (TPSA) is 65.0 Å². The number of ketones is 1. The summed E-state index contributed by atoms with van der Waals surface area (Å²) in [4.78, 5) is 12.3. The van der Waals surface area contributed by atoms with Gasteiger partial charge < -0.3 is 19.3 Å². The number of halogens is 1. The van der Waals surface area contributed by atoms with Crippen molar-refractivity contribution in [2.75, 3.05) is 13.2 Å². The highest BCUT2D eigenvalue weighted by Gasteiger charge is 2.28. The van der Waals surface area contributed by atoms with Crippen molar-refractivity contribution >= 4 is 23.5 Å². The van der Waals surface area contributed by atoms with Gasteiger partial charge in [0.05, 0.1) is 10.6 Å². The minimum absolute atomic E-state index is 0.0418. The third kappa shape index (κ3) is 2.39. The molecular weight excluding hydrogens is 320 g/mol. The van der Waals surface area contributed by atoms with E-state index in [4.69, 9.17) is 25.8 Å². The average molecular weight is 331 g/mol. The molecule has 0 amide bonds. The molecule has 0 saturated carbocycles. The molecule has 0 radical (unpaired) electrons. The molecule has 2 aliphatic rings. The molecule has 2 aliphatic heterocycles. The number of ether oxygens (including phenoxy) is 3. The molecule has 2 aromatic rings. The zero-order chi connectivity index (χ0) is 16.0. The molecule has 0 spiro atoms. The summed E-state index contributed by atoms with van der Waals surface area (Å²) in [6, 6.07) is 7.81. The summed E-state index contributed by atoms with van der Waals surface area (Å²) in [5, 5.41) is 9.88. The summed E-state index contributed by atoms with van der Waals surface area (Å²) in [5.41, 5.74) is 1.08. The number of phenolic OH excluding ortho intramolecular Hbond substituents is 1. The van der Waals surface area contributed by atoms with Crippen molar-refractivity contribution in [1.82, 2.24) is 0 Å². The van der Waals surface area contributed by atoms with E-state index < -0.39 is 0 Å². The third-order valence-corrected chi connectivity index (χ3v) is 3.85. The van der Waals surface area contributed by atoms with Gasteiger partial charge in [0.1, 0.15) is 24.7 Å². The molecule has 2 heterocycles. The molecule has 6 heteroatoms. The predicted molar refractivity (Wildman–Crippen MR) is 83.5 cm³/mol. The lowest BCUT2D eigenvalue weighted by molar-refractivity contribution is 0.101. The van der Waals surface area contributed by atoms with E-state index in [9.17, 15) is 9.90 Å². The second kappa shape index (κ2) is 5.21. The van der Waals surface area contributed by atoms with Crippen molar-refractivity contribution in [2.24, 2.45) is 0 Å². The Labute approximate surface area is 136 Å². The van der Waals surface area contributed by atoms with Crippen LogP contribution in [0.4, 0.5) is 0 Å². The van der Waals surface area contributed by atoms with E-state index >= 15 is 0 Å². The number of hydrogen-bond donors (Lipinski definition) is 1. The van der Waals surface area contributed by atoms with Crippen molar-refractivity contribution in [3.8, 4) is 23.0 Å². The van der Waals surface area contributed by atoms with Gasteiger partial charge in [0.15, 0.2) is 17.3 Å². The predicted octanol–water partition coefficient (Wildman–Crippen LogP) is 3.43. The number of rotatable bonds is 1.